The Kier molecular flexibility index (Phi) is 4.22. The summed E-state index contributed by atoms with van der Waals surface area (Å²) < 4.78 is 10.5. The second kappa shape index (κ2) is 5.89. The van der Waals surface area contributed by atoms with Crippen LogP contribution >= 0.6 is 11.6 Å². The molecule has 2 rings (SSSR count). The van der Waals surface area contributed by atoms with Crippen molar-refractivity contribution >= 4 is 28.5 Å². The van der Waals surface area contributed by atoms with Gasteiger partial charge in [0.05, 0.1) is 11.6 Å². The number of hydrogen-bond donors (Lipinski definition) is 0. The minimum atomic E-state index is -0.689. The van der Waals surface area contributed by atoms with Crippen LogP contribution in [0.3, 0.4) is 0 Å². The Morgan fingerprint density at radius 1 is 1.42 bits per heavy atom. The molecule has 1 heterocycles. The number of nitrogens with zero attached hydrogens (tertiary/aromatic N) is 1. The Balaban J connectivity index is 2.31. The van der Waals surface area contributed by atoms with E-state index >= 15 is 0 Å². The van der Waals surface area contributed by atoms with Crippen LogP contribution in [0, 0.1) is 0 Å². The smallest absolute Gasteiger partial charge is 0.347 e. The number of carbonyl (C=O) groups is 1. The average Bonchev–Trinajstić information content (AvgIpc) is 2.42. The van der Waals surface area contributed by atoms with Crippen LogP contribution in [0.15, 0.2) is 30.5 Å². The summed E-state index contributed by atoms with van der Waals surface area (Å²) >= 11 is 6.09. The second-order valence-electron chi connectivity index (χ2n) is 3.96. The molecule has 0 bridgehead atoms. The average molecular weight is 280 g/mol. The van der Waals surface area contributed by atoms with Crippen LogP contribution in [0.25, 0.3) is 10.9 Å². The molecule has 0 aliphatic heterocycles. The van der Waals surface area contributed by atoms with E-state index in [2.05, 4.69) is 4.98 Å². The molecule has 4 nitrogen and oxygen atoms in total. The fourth-order valence-corrected chi connectivity index (χ4v) is 1.92. The van der Waals surface area contributed by atoms with Crippen LogP contribution < -0.4 is 4.74 Å². The van der Waals surface area contributed by atoms with E-state index in [0.29, 0.717) is 22.9 Å². The van der Waals surface area contributed by atoms with Gasteiger partial charge in [0.15, 0.2) is 6.10 Å². The van der Waals surface area contributed by atoms with E-state index in [4.69, 9.17) is 21.1 Å². The summed E-state index contributed by atoms with van der Waals surface area (Å²) in [5.74, 6) is 0.113. The van der Waals surface area contributed by atoms with Crippen molar-refractivity contribution in [1.29, 1.82) is 0 Å². The third-order valence-electron chi connectivity index (χ3n) is 2.60. The number of hydrogen-bond acceptors (Lipinski definition) is 4. The molecule has 1 atom stereocenters. The van der Waals surface area contributed by atoms with E-state index in [1.54, 1.807) is 38.2 Å². The van der Waals surface area contributed by atoms with E-state index in [0.717, 1.165) is 5.39 Å². The van der Waals surface area contributed by atoms with Gasteiger partial charge in [-0.1, -0.05) is 11.6 Å². The molecule has 19 heavy (non-hydrogen) atoms. The molecule has 2 aromatic rings. The Hall–Kier alpha value is -1.81. The van der Waals surface area contributed by atoms with Crippen molar-refractivity contribution in [1.82, 2.24) is 4.98 Å². The molecule has 1 unspecified atom stereocenters. The maximum atomic E-state index is 11.6. The van der Waals surface area contributed by atoms with Gasteiger partial charge in [0.1, 0.15) is 11.3 Å². The van der Waals surface area contributed by atoms with Gasteiger partial charge in [-0.25, -0.2) is 4.79 Å². The Labute approximate surface area is 116 Å². The second-order valence-corrected chi connectivity index (χ2v) is 4.36. The topological polar surface area (TPSA) is 48.4 Å². The van der Waals surface area contributed by atoms with E-state index < -0.39 is 12.1 Å². The summed E-state index contributed by atoms with van der Waals surface area (Å²) in [5, 5.41) is 1.39. The van der Waals surface area contributed by atoms with Crippen molar-refractivity contribution in [2.24, 2.45) is 0 Å². The predicted octanol–water partition coefficient (Wildman–Crippen LogP) is 3.22. The van der Waals surface area contributed by atoms with Crippen molar-refractivity contribution < 1.29 is 14.3 Å². The largest absolute Gasteiger partial charge is 0.477 e. The zero-order chi connectivity index (χ0) is 13.8. The summed E-state index contributed by atoms with van der Waals surface area (Å²) in [5.41, 5.74) is 0.631. The number of rotatable bonds is 4. The van der Waals surface area contributed by atoms with Crippen LogP contribution in [0.2, 0.25) is 5.02 Å². The van der Waals surface area contributed by atoms with Crippen LogP contribution in [0.4, 0.5) is 0 Å². The monoisotopic (exact) mass is 279 g/mol. The molecule has 0 aliphatic carbocycles. The molecule has 0 fully saturated rings. The van der Waals surface area contributed by atoms with Gasteiger partial charge >= 0.3 is 5.97 Å². The molecule has 0 amide bonds. The quantitative estimate of drug-likeness (QED) is 0.806. The highest BCUT2D eigenvalue weighted by atomic mass is 35.5. The number of fused-ring (bicyclic) bond motifs is 1. The van der Waals surface area contributed by atoms with Gasteiger partial charge in [-0.2, -0.15) is 0 Å². The first-order valence-corrected chi connectivity index (χ1v) is 6.37. The maximum absolute atomic E-state index is 11.6. The summed E-state index contributed by atoms with van der Waals surface area (Å²) in [4.78, 5) is 15.8. The minimum absolute atomic E-state index is 0.326. The molecule has 0 N–H and O–H groups in total. The fraction of sp³-hybridized carbons (Fsp3) is 0.286. The Bertz CT molecular complexity index is 600. The van der Waals surface area contributed by atoms with E-state index in [1.807, 2.05) is 6.07 Å². The van der Waals surface area contributed by atoms with Gasteiger partial charge in [-0.05, 0) is 38.1 Å². The van der Waals surface area contributed by atoms with Crippen LogP contribution in [-0.4, -0.2) is 23.7 Å². The van der Waals surface area contributed by atoms with Gasteiger partial charge in [0.25, 0.3) is 0 Å². The van der Waals surface area contributed by atoms with Gasteiger partial charge < -0.3 is 9.47 Å². The van der Waals surface area contributed by atoms with Gasteiger partial charge in [0, 0.05) is 11.6 Å². The van der Waals surface area contributed by atoms with Gasteiger partial charge in [0.2, 0.25) is 0 Å². The molecule has 0 saturated carbocycles. The molecular formula is C14H14ClNO3. The standard InChI is InChI=1S/C14H14ClNO3/c1-3-18-14(17)9(2)19-12-7-6-11(15)10-5-4-8-16-13(10)12/h4-9H,3H2,1-2H3. The molecule has 5 heteroatoms. The lowest BCUT2D eigenvalue weighted by Gasteiger charge is -2.14. The first-order valence-electron chi connectivity index (χ1n) is 6.00. The number of ether oxygens (including phenoxy) is 2. The van der Waals surface area contributed by atoms with Crippen molar-refractivity contribution in [3.05, 3.63) is 35.5 Å². The minimum Gasteiger partial charge on any atom is -0.477 e. The highest BCUT2D eigenvalue weighted by Gasteiger charge is 2.17. The number of benzene rings is 1. The summed E-state index contributed by atoms with van der Waals surface area (Å²) in [7, 11) is 0. The lowest BCUT2D eigenvalue weighted by Crippen LogP contribution is -2.26. The summed E-state index contributed by atoms with van der Waals surface area (Å²) in [6, 6.07) is 7.07. The molecule has 0 radical (unpaired) electrons. The highest BCUT2D eigenvalue weighted by Crippen LogP contribution is 2.30. The summed E-state index contributed by atoms with van der Waals surface area (Å²) in [6.45, 7) is 3.72. The highest BCUT2D eigenvalue weighted by molar-refractivity contribution is 6.35. The first-order chi connectivity index (χ1) is 9.13. The fourth-order valence-electron chi connectivity index (χ4n) is 1.71. The predicted molar refractivity (Wildman–Crippen MR) is 73.5 cm³/mol. The normalized spacial score (nSPS) is 12.2. The van der Waals surface area contributed by atoms with E-state index in [1.165, 1.54) is 0 Å². The number of esters is 1. The third kappa shape index (κ3) is 2.96. The number of aromatic nitrogens is 1. The van der Waals surface area contributed by atoms with Crippen molar-refractivity contribution in [2.45, 2.75) is 20.0 Å². The third-order valence-corrected chi connectivity index (χ3v) is 2.93. The molecule has 1 aromatic heterocycles. The zero-order valence-electron chi connectivity index (χ0n) is 10.7. The first kappa shape index (κ1) is 13.6. The number of halogens is 1. The van der Waals surface area contributed by atoms with Crippen molar-refractivity contribution in [3.8, 4) is 5.75 Å². The van der Waals surface area contributed by atoms with E-state index in [9.17, 15) is 4.79 Å². The molecule has 100 valence electrons. The van der Waals surface area contributed by atoms with Crippen LogP contribution in [0.5, 0.6) is 5.75 Å². The molecule has 0 saturated heterocycles. The number of pyridine rings is 1. The molecule has 0 aliphatic rings. The molecule has 0 spiro atoms. The van der Waals surface area contributed by atoms with E-state index in [-0.39, 0.29) is 0 Å². The molecule has 1 aromatic carbocycles. The van der Waals surface area contributed by atoms with Gasteiger partial charge in [-0.3, -0.25) is 4.98 Å². The molecular weight excluding hydrogens is 266 g/mol. The lowest BCUT2D eigenvalue weighted by atomic mass is 10.2. The SMILES string of the molecule is CCOC(=O)C(C)Oc1ccc(Cl)c2cccnc12. The lowest BCUT2D eigenvalue weighted by molar-refractivity contribution is -0.150. The number of carbonyl (C=O) groups excluding carboxylic acids is 1. The van der Waals surface area contributed by atoms with Crippen LogP contribution in [0.1, 0.15) is 13.8 Å². The summed E-state index contributed by atoms with van der Waals surface area (Å²) in [6.07, 6.45) is 0.965. The maximum Gasteiger partial charge on any atom is 0.347 e. The van der Waals surface area contributed by atoms with Gasteiger partial charge in [-0.15, -0.1) is 0 Å². The van der Waals surface area contributed by atoms with Crippen molar-refractivity contribution in [3.63, 3.8) is 0 Å². The Morgan fingerprint density at radius 2 is 2.21 bits per heavy atom. The zero-order valence-corrected chi connectivity index (χ0v) is 11.5. The Morgan fingerprint density at radius 3 is 2.95 bits per heavy atom. The van der Waals surface area contributed by atoms with Crippen LogP contribution in [-0.2, 0) is 9.53 Å². The van der Waals surface area contributed by atoms with Crippen molar-refractivity contribution in [2.75, 3.05) is 6.61 Å².